The Morgan fingerprint density at radius 2 is 0.500 bits per heavy atom. The summed E-state index contributed by atoms with van der Waals surface area (Å²) < 4.78 is 0. The summed E-state index contributed by atoms with van der Waals surface area (Å²) in [7, 11) is 0. The molecule has 9 nitrogen and oxygen atoms in total. The molecule has 0 bridgehead atoms. The zero-order valence-corrected chi connectivity index (χ0v) is 13.0. The van der Waals surface area contributed by atoms with E-state index in [1.165, 1.54) is 0 Å². The minimum atomic E-state index is 0. The van der Waals surface area contributed by atoms with Gasteiger partial charge in [-0.05, 0) is 0 Å². The van der Waals surface area contributed by atoms with Crippen molar-refractivity contribution < 1.29 is 34.1 Å². The van der Waals surface area contributed by atoms with Crippen LogP contribution < -0.4 is 34.4 Å². The van der Waals surface area contributed by atoms with Crippen LogP contribution in [0.15, 0.2) is 0 Å². The molecular formula is C9H24Cu2N9. The Hall–Kier alpha value is -0.731. The number of hydrogen-bond acceptors (Lipinski definition) is 9. The zero-order chi connectivity index (χ0) is 16.2. The molecule has 0 atom stereocenters. The van der Waals surface area contributed by atoms with Crippen LogP contribution in [0.4, 0.5) is 0 Å². The van der Waals surface area contributed by atoms with Gasteiger partial charge in [0, 0.05) is 39.3 Å². The van der Waals surface area contributed by atoms with Crippen molar-refractivity contribution in [1.29, 1.82) is 15.8 Å². The van der Waals surface area contributed by atoms with Crippen molar-refractivity contribution in [3.63, 3.8) is 0 Å². The minimum Gasteiger partial charge on any atom is -0.512 e. The summed E-state index contributed by atoms with van der Waals surface area (Å²) in [6.07, 6.45) is 0. The van der Waals surface area contributed by atoms with Crippen LogP contribution in [0.2, 0.25) is 0 Å². The first-order chi connectivity index (χ1) is 8.74. The molecule has 0 amide bonds. The van der Waals surface area contributed by atoms with Gasteiger partial charge in [-0.3, -0.25) is 0 Å². The average Bonchev–Trinajstić information content (AvgIpc) is 2.53. The summed E-state index contributed by atoms with van der Waals surface area (Å²) in [6.45, 7) is 17.8. The van der Waals surface area contributed by atoms with Gasteiger partial charge in [-0.15, -0.1) is 0 Å². The molecule has 0 saturated heterocycles. The van der Waals surface area contributed by atoms with E-state index in [0.29, 0.717) is 39.3 Å². The molecule has 1 radical (unpaired) electrons. The van der Waals surface area contributed by atoms with E-state index in [1.807, 2.05) is 0 Å². The maximum atomic E-state index is 6.25. The Morgan fingerprint density at radius 1 is 0.450 bits per heavy atom. The first-order valence-corrected chi connectivity index (χ1v) is 4.62. The quantitative estimate of drug-likeness (QED) is 0.214. The topological polar surface area (TPSA) is 227 Å². The molecule has 0 aliphatic heterocycles. The molecule has 0 aromatic carbocycles. The van der Waals surface area contributed by atoms with Crippen molar-refractivity contribution >= 4 is 0 Å². The van der Waals surface area contributed by atoms with E-state index in [0.717, 1.165) is 0 Å². The third kappa shape index (κ3) is 888. The monoisotopic (exact) mass is 384 g/mol. The van der Waals surface area contributed by atoms with Crippen molar-refractivity contribution in [2.75, 3.05) is 39.3 Å². The summed E-state index contributed by atoms with van der Waals surface area (Å²) in [6, 6.07) is 0. The summed E-state index contributed by atoms with van der Waals surface area (Å²) >= 11 is 0. The maximum absolute atomic E-state index is 6.25. The van der Waals surface area contributed by atoms with Gasteiger partial charge in [-0.1, -0.05) is 0 Å². The molecule has 0 saturated carbocycles. The van der Waals surface area contributed by atoms with E-state index in [2.05, 4.69) is 0 Å². The molecule has 12 N–H and O–H groups in total. The van der Waals surface area contributed by atoms with Crippen molar-refractivity contribution in [3.05, 3.63) is 19.7 Å². The molecule has 11 heteroatoms. The van der Waals surface area contributed by atoms with Crippen LogP contribution in [-0.2, 0) is 34.1 Å². The van der Waals surface area contributed by atoms with Crippen molar-refractivity contribution in [3.8, 4) is 0 Å². The van der Waals surface area contributed by atoms with Crippen LogP contribution in [0.5, 0.6) is 0 Å². The van der Waals surface area contributed by atoms with Gasteiger partial charge in [0.25, 0.3) is 0 Å². The second-order valence-electron chi connectivity index (χ2n) is 1.73. The van der Waals surface area contributed by atoms with E-state index in [-0.39, 0.29) is 34.1 Å². The third-order valence-electron chi connectivity index (χ3n) is 0.500. The maximum Gasteiger partial charge on any atom is 2.00 e. The van der Waals surface area contributed by atoms with E-state index < -0.39 is 0 Å². The summed E-state index contributed by atoms with van der Waals surface area (Å²) in [5.41, 5.74) is 29.4. The molecule has 0 aliphatic carbocycles. The fraction of sp³-hybridized carbons (Fsp3) is 0.667. The minimum absolute atomic E-state index is 0. The van der Waals surface area contributed by atoms with Gasteiger partial charge in [0.2, 0.25) is 0 Å². The van der Waals surface area contributed by atoms with Crippen LogP contribution in [0.25, 0.3) is 0 Å². The first kappa shape index (κ1) is 50.6. The Labute approximate surface area is 143 Å². The molecule has 0 aromatic rings. The Kier molecular flexibility index (Phi) is 497. The van der Waals surface area contributed by atoms with Gasteiger partial charge in [0.15, 0.2) is 0 Å². The second kappa shape index (κ2) is 196. The predicted molar refractivity (Wildman–Crippen MR) is 69.2 cm³/mol. The summed E-state index contributed by atoms with van der Waals surface area (Å²) in [4.78, 5) is 0. The Balaban J connectivity index is -0.0000000146. The normalized spacial score (nSPS) is 4.80. The molecule has 127 valence electrons. The van der Waals surface area contributed by atoms with E-state index in [1.54, 1.807) is 0 Å². The van der Waals surface area contributed by atoms with Gasteiger partial charge >= 0.3 is 34.1 Å². The third-order valence-corrected chi connectivity index (χ3v) is 0.500. The van der Waals surface area contributed by atoms with Crippen molar-refractivity contribution in [1.82, 2.24) is 0 Å². The molecule has 0 spiro atoms. The number of hydrogen-bond donors (Lipinski definition) is 6. The summed E-state index contributed by atoms with van der Waals surface area (Å²) in [5, 5.41) is 18.8. The summed E-state index contributed by atoms with van der Waals surface area (Å²) in [5.74, 6) is 0. The molecular weight excluding hydrogens is 361 g/mol. The number of rotatable bonds is 3. The fourth-order valence-electron chi connectivity index (χ4n) is 0. The first-order valence-electron chi connectivity index (χ1n) is 4.62. The van der Waals surface area contributed by atoms with Crippen LogP contribution in [0.3, 0.4) is 0 Å². The molecule has 0 unspecified atom stereocenters. The largest absolute Gasteiger partial charge is 2.00 e. The van der Waals surface area contributed by atoms with Crippen molar-refractivity contribution in [2.24, 2.45) is 34.4 Å². The van der Waals surface area contributed by atoms with Crippen LogP contribution in [0.1, 0.15) is 0 Å². The van der Waals surface area contributed by atoms with Gasteiger partial charge in [-0.25, -0.2) is 0 Å². The molecule has 0 aliphatic rings. The van der Waals surface area contributed by atoms with Gasteiger partial charge in [0.1, 0.15) is 0 Å². The average molecular weight is 385 g/mol. The van der Waals surface area contributed by atoms with Crippen molar-refractivity contribution in [2.45, 2.75) is 0 Å². The Bertz CT molecular complexity index is 101. The molecule has 0 rings (SSSR count). The number of nitrogens with two attached hydrogens (primary N) is 6. The SMILES string of the molecule is NCCN.NCCN.NCCN.[C-]#N.[C-]#N.[C-]#N.[Cu+2].[Cu+]. The molecule has 0 aromatic heterocycles. The zero-order valence-electron chi connectivity index (χ0n) is 11.2. The second-order valence-corrected chi connectivity index (χ2v) is 1.73. The molecule has 0 fully saturated rings. The Morgan fingerprint density at radius 3 is 0.500 bits per heavy atom. The van der Waals surface area contributed by atoms with Crippen LogP contribution in [-0.4, -0.2) is 39.3 Å². The van der Waals surface area contributed by atoms with Gasteiger partial charge in [-0.2, -0.15) is 0 Å². The predicted octanol–water partition coefficient (Wildman–Crippen LogP) is -3.00. The van der Waals surface area contributed by atoms with Gasteiger partial charge < -0.3 is 69.9 Å². The fourth-order valence-corrected chi connectivity index (χ4v) is 0. The van der Waals surface area contributed by atoms with E-state index >= 15 is 0 Å². The van der Waals surface area contributed by atoms with E-state index in [9.17, 15) is 0 Å². The standard InChI is InChI=1S/3C2H8N2.3CN.2Cu/c3*3-1-2-4;3*1-2;;/h3*1-4H2;;;;;/q;;;3*-1;+1;+2. The smallest absolute Gasteiger partial charge is 0.512 e. The van der Waals surface area contributed by atoms with Gasteiger partial charge in [0.05, 0.1) is 0 Å². The number of nitrogens with zero attached hydrogens (tertiary/aromatic N) is 3. The molecule has 20 heavy (non-hydrogen) atoms. The van der Waals surface area contributed by atoms with Crippen LogP contribution in [0, 0.1) is 35.5 Å². The van der Waals surface area contributed by atoms with Crippen LogP contribution >= 0.6 is 0 Å². The van der Waals surface area contributed by atoms with E-state index in [4.69, 9.17) is 69.9 Å². The molecule has 0 heterocycles.